The summed E-state index contributed by atoms with van der Waals surface area (Å²) in [4.78, 5) is 4.37. The lowest BCUT2D eigenvalue weighted by molar-refractivity contribution is -0.139. The summed E-state index contributed by atoms with van der Waals surface area (Å²) in [6.07, 6.45) is -4.08. The minimum Gasteiger partial charge on any atom is -0.495 e. The molecule has 5 rings (SSSR count). The Morgan fingerprint density at radius 3 is 2.71 bits per heavy atom. The molecule has 0 amide bonds. The van der Waals surface area contributed by atoms with E-state index in [9.17, 15) is 26.0 Å². The molecule has 0 bridgehead atoms. The number of anilines is 2. The first-order valence-corrected chi connectivity index (χ1v) is 14.6. The summed E-state index contributed by atoms with van der Waals surface area (Å²) in [7, 11) is -2.06. The van der Waals surface area contributed by atoms with Crippen LogP contribution in [0.25, 0.3) is 22.4 Å². The van der Waals surface area contributed by atoms with Crippen LogP contribution in [0.4, 0.5) is 28.9 Å². The molecule has 1 fully saturated rings. The molecule has 1 saturated heterocycles. The lowest BCUT2D eigenvalue weighted by Crippen LogP contribution is -2.45. The molecular weight excluding hydrogens is 568 g/mol. The quantitative estimate of drug-likeness (QED) is 0.242. The maximum absolute atomic E-state index is 14.5. The largest absolute Gasteiger partial charge is 0.495 e. The summed E-state index contributed by atoms with van der Waals surface area (Å²) in [5, 5.41) is 13.5. The Hall–Kier alpha value is -3.85. The summed E-state index contributed by atoms with van der Waals surface area (Å²) in [6, 6.07) is 10.2. The number of hydrogen-bond acceptors (Lipinski definition) is 9. The van der Waals surface area contributed by atoms with Gasteiger partial charge in [-0.1, -0.05) is 11.2 Å². The molecule has 15 heteroatoms. The highest BCUT2D eigenvalue weighted by Crippen LogP contribution is 2.35. The molecule has 3 N–H and O–H groups in total. The van der Waals surface area contributed by atoms with E-state index in [1.165, 1.54) is 31.4 Å². The van der Waals surface area contributed by atoms with E-state index in [1.807, 2.05) is 0 Å². The van der Waals surface area contributed by atoms with Crippen LogP contribution in [0.2, 0.25) is 0 Å². The first-order chi connectivity index (χ1) is 19.4. The van der Waals surface area contributed by atoms with Crippen LogP contribution >= 0.6 is 0 Å². The van der Waals surface area contributed by atoms with Gasteiger partial charge in [0.25, 0.3) is 0 Å². The lowest BCUT2D eigenvalue weighted by atomic mass is 10.0. The van der Waals surface area contributed by atoms with Crippen molar-refractivity contribution in [2.24, 2.45) is 0 Å². The van der Waals surface area contributed by atoms with Crippen LogP contribution < -0.4 is 20.7 Å². The molecule has 0 spiro atoms. The third-order valence-corrected chi connectivity index (χ3v) is 7.87. The predicted molar refractivity (Wildman–Crippen MR) is 145 cm³/mol. The van der Waals surface area contributed by atoms with E-state index < -0.39 is 34.8 Å². The summed E-state index contributed by atoms with van der Waals surface area (Å²) >= 11 is 0. The molecule has 4 aromatic rings. The number of ether oxygens (including phenoxy) is 1. The number of halogens is 4. The Bertz CT molecular complexity index is 1650. The zero-order valence-electron chi connectivity index (χ0n) is 22.1. The second kappa shape index (κ2) is 11.2. The fraction of sp³-hybridized carbons (Fsp3) is 0.385. The van der Waals surface area contributed by atoms with Crippen LogP contribution in [0.1, 0.15) is 12.3 Å². The van der Waals surface area contributed by atoms with Gasteiger partial charge >= 0.3 is 6.18 Å². The van der Waals surface area contributed by atoms with Gasteiger partial charge in [0.15, 0.2) is 9.84 Å². The summed E-state index contributed by atoms with van der Waals surface area (Å²) in [5.74, 6) is 0.284. The smallest absolute Gasteiger partial charge is 0.406 e. The number of hydrogen-bond donors (Lipinski definition) is 3. The van der Waals surface area contributed by atoms with Crippen molar-refractivity contribution in [3.63, 3.8) is 0 Å². The van der Waals surface area contributed by atoms with Gasteiger partial charge in [-0.15, -0.1) is 0 Å². The van der Waals surface area contributed by atoms with E-state index >= 15 is 0 Å². The molecule has 220 valence electrons. The fourth-order valence-electron chi connectivity index (χ4n) is 4.78. The van der Waals surface area contributed by atoms with Crippen LogP contribution in [0.5, 0.6) is 5.75 Å². The van der Waals surface area contributed by atoms with Crippen LogP contribution in [0.15, 0.2) is 51.9 Å². The van der Waals surface area contributed by atoms with E-state index in [0.29, 0.717) is 29.7 Å². The van der Waals surface area contributed by atoms with Crippen molar-refractivity contribution in [1.82, 2.24) is 20.0 Å². The number of nitrogens with one attached hydrogen (secondary N) is 3. The van der Waals surface area contributed by atoms with Crippen LogP contribution in [-0.2, 0) is 22.9 Å². The number of piperidine rings is 1. The van der Waals surface area contributed by atoms with Crippen molar-refractivity contribution in [1.29, 1.82) is 0 Å². The van der Waals surface area contributed by atoms with Gasteiger partial charge in [-0.25, -0.2) is 12.8 Å². The monoisotopic (exact) mass is 596 g/mol. The average Bonchev–Trinajstić information content (AvgIpc) is 3.52. The third kappa shape index (κ3) is 6.40. The molecule has 1 aliphatic rings. The van der Waals surface area contributed by atoms with Gasteiger partial charge in [-0.2, -0.15) is 18.2 Å². The molecule has 0 aliphatic carbocycles. The number of alkyl halides is 4. The maximum atomic E-state index is 14.5. The maximum Gasteiger partial charge on any atom is 0.406 e. The third-order valence-electron chi connectivity index (χ3n) is 6.76. The zero-order chi connectivity index (χ0) is 29.4. The Morgan fingerprint density at radius 1 is 1.20 bits per heavy atom. The first-order valence-electron chi connectivity index (χ1n) is 12.7. The van der Waals surface area contributed by atoms with Crippen LogP contribution in [0, 0.1) is 0 Å². The Balaban J connectivity index is 1.44. The molecule has 0 saturated carbocycles. The summed E-state index contributed by atoms with van der Waals surface area (Å²) < 4.78 is 90.7. The molecule has 2 aromatic heterocycles. The number of rotatable bonds is 9. The normalized spacial score (nSPS) is 18.0. The number of sulfone groups is 1. The number of fused-ring (bicyclic) bond motifs is 1. The van der Waals surface area contributed by atoms with Crippen LogP contribution in [-0.4, -0.2) is 68.0 Å². The number of methoxy groups -OCH3 is 1. The van der Waals surface area contributed by atoms with Crippen LogP contribution in [0.3, 0.4) is 0 Å². The van der Waals surface area contributed by atoms with E-state index in [4.69, 9.17) is 9.26 Å². The van der Waals surface area contributed by atoms with Gasteiger partial charge in [0, 0.05) is 29.9 Å². The molecule has 41 heavy (non-hydrogen) atoms. The van der Waals surface area contributed by atoms with E-state index in [2.05, 4.69) is 26.1 Å². The summed E-state index contributed by atoms with van der Waals surface area (Å²) in [5.41, 5.74) is 1.32. The first kappa shape index (κ1) is 28.7. The minimum atomic E-state index is -4.54. The number of aromatic nitrogens is 3. The molecule has 2 aromatic carbocycles. The van der Waals surface area contributed by atoms with E-state index in [1.54, 1.807) is 18.2 Å². The Morgan fingerprint density at radius 2 is 2.00 bits per heavy atom. The molecule has 2 atom stereocenters. The van der Waals surface area contributed by atoms with Gasteiger partial charge in [0.1, 0.15) is 18.5 Å². The van der Waals surface area contributed by atoms with Crippen molar-refractivity contribution >= 4 is 32.1 Å². The van der Waals surface area contributed by atoms with Gasteiger partial charge in [0.2, 0.25) is 11.7 Å². The highest BCUT2D eigenvalue weighted by molar-refractivity contribution is 7.90. The predicted octanol–water partition coefficient (Wildman–Crippen LogP) is 4.39. The molecule has 10 nitrogen and oxygen atoms in total. The van der Waals surface area contributed by atoms with Gasteiger partial charge in [-0.05, 0) is 43.3 Å². The second-order valence-electron chi connectivity index (χ2n) is 9.73. The standard InChI is InChI=1S/C26H28F4N6O4S/c1-39-23-10-15(41(2,37)38)6-7-20(23)32-13-24-34-25(35-40-24)22-11-16-18(33-19-8-9-31-12-17(19)27)4-3-5-21(16)36(22)14-26(28,29)30/h3-7,10-11,17,19,31-33H,8-9,12-14H2,1-2H3/t17-,19+/m0/s1. The highest BCUT2D eigenvalue weighted by atomic mass is 32.2. The topological polar surface area (TPSA) is 123 Å². The number of nitrogens with zero attached hydrogens (tertiary/aromatic N) is 3. The Labute approximate surface area is 233 Å². The Kier molecular flexibility index (Phi) is 7.83. The molecule has 3 heterocycles. The van der Waals surface area contributed by atoms with Crippen molar-refractivity contribution in [3.8, 4) is 17.3 Å². The minimum absolute atomic E-state index is 0.0124. The van der Waals surface area contributed by atoms with Crippen molar-refractivity contribution in [2.45, 2.75) is 42.8 Å². The van der Waals surface area contributed by atoms with Gasteiger partial charge in [0.05, 0.1) is 41.5 Å². The SMILES string of the molecule is COc1cc(S(C)(=O)=O)ccc1NCc1nc(-c2cc3c(N[C@@H]4CCNC[C@@H]4F)cccc3n2CC(F)(F)F)no1. The molecular formula is C26H28F4N6O4S. The zero-order valence-corrected chi connectivity index (χ0v) is 22.9. The molecule has 1 aliphatic heterocycles. The van der Waals surface area contributed by atoms with Crippen molar-refractivity contribution < 1.29 is 35.2 Å². The number of benzene rings is 2. The molecule has 0 radical (unpaired) electrons. The molecule has 0 unspecified atom stereocenters. The van der Waals surface area contributed by atoms with Gasteiger partial charge in [-0.3, -0.25) is 0 Å². The van der Waals surface area contributed by atoms with Crippen molar-refractivity contribution in [3.05, 3.63) is 48.4 Å². The van der Waals surface area contributed by atoms with E-state index in [-0.39, 0.29) is 46.7 Å². The lowest BCUT2D eigenvalue weighted by Gasteiger charge is -2.28. The van der Waals surface area contributed by atoms with Crippen molar-refractivity contribution in [2.75, 3.05) is 37.1 Å². The average molecular weight is 597 g/mol. The second-order valence-corrected chi connectivity index (χ2v) is 11.7. The summed E-state index contributed by atoms with van der Waals surface area (Å²) in [6.45, 7) is -0.481. The van der Waals surface area contributed by atoms with E-state index in [0.717, 1.165) is 10.8 Å². The highest BCUT2D eigenvalue weighted by Gasteiger charge is 2.32. The van der Waals surface area contributed by atoms with Gasteiger partial charge < -0.3 is 29.8 Å². The fourth-order valence-corrected chi connectivity index (χ4v) is 5.41.